The van der Waals surface area contributed by atoms with Crippen molar-refractivity contribution in [2.75, 3.05) is 0 Å². The van der Waals surface area contributed by atoms with Crippen LogP contribution in [0.1, 0.15) is 29.6 Å². The first-order valence-electron chi connectivity index (χ1n) is 4.71. The van der Waals surface area contributed by atoms with Gasteiger partial charge in [0.2, 0.25) is 0 Å². The first kappa shape index (κ1) is 11.0. The average Bonchev–Trinajstić information content (AvgIpc) is 2.10. The van der Waals surface area contributed by atoms with Crippen molar-refractivity contribution in [3.05, 3.63) is 32.9 Å². The van der Waals surface area contributed by atoms with Crippen LogP contribution in [0.5, 0.6) is 0 Å². The molecule has 3 heteroatoms. The molecule has 3 nitrogen and oxygen atoms in total. The van der Waals surface area contributed by atoms with Crippen molar-refractivity contribution < 1.29 is 9.52 Å². The molecule has 1 aromatic heterocycles. The third-order valence-corrected chi connectivity index (χ3v) is 2.38. The van der Waals surface area contributed by atoms with Gasteiger partial charge in [0, 0.05) is 17.5 Å². The van der Waals surface area contributed by atoms with Crippen molar-refractivity contribution in [3.8, 4) is 0 Å². The summed E-state index contributed by atoms with van der Waals surface area (Å²) in [6.45, 7) is 6.92. The van der Waals surface area contributed by atoms with Gasteiger partial charge in [0.1, 0.15) is 11.5 Å². The van der Waals surface area contributed by atoms with Crippen LogP contribution in [0.3, 0.4) is 0 Å². The Balaban J connectivity index is 3.26. The Morgan fingerprint density at radius 3 is 2.36 bits per heavy atom. The van der Waals surface area contributed by atoms with Crippen LogP contribution in [-0.4, -0.2) is 11.2 Å². The second kappa shape index (κ2) is 3.96. The maximum absolute atomic E-state index is 11.7. The van der Waals surface area contributed by atoms with Crippen LogP contribution >= 0.6 is 0 Å². The van der Waals surface area contributed by atoms with E-state index in [2.05, 4.69) is 0 Å². The highest BCUT2D eigenvalue weighted by molar-refractivity contribution is 5.25. The standard InChI is InChI=1S/C11H16O3/c1-6(12)5-10-8(3)11(13)7(2)9(4)14-10/h6,12H,5H2,1-4H3. The minimum absolute atomic E-state index is 0.0180. The maximum atomic E-state index is 11.7. The topological polar surface area (TPSA) is 50.4 Å². The summed E-state index contributed by atoms with van der Waals surface area (Å²) < 4.78 is 5.47. The molecule has 0 aliphatic carbocycles. The minimum Gasteiger partial charge on any atom is -0.465 e. The minimum atomic E-state index is -0.487. The van der Waals surface area contributed by atoms with Gasteiger partial charge in [0.15, 0.2) is 5.43 Å². The van der Waals surface area contributed by atoms with Crippen molar-refractivity contribution >= 4 is 0 Å². The molecule has 0 saturated carbocycles. The van der Waals surface area contributed by atoms with Gasteiger partial charge in [0.25, 0.3) is 0 Å². The fourth-order valence-electron chi connectivity index (χ4n) is 1.37. The van der Waals surface area contributed by atoms with E-state index in [0.717, 1.165) is 0 Å². The van der Waals surface area contributed by atoms with Crippen molar-refractivity contribution in [3.63, 3.8) is 0 Å². The van der Waals surface area contributed by atoms with Gasteiger partial charge < -0.3 is 9.52 Å². The van der Waals surface area contributed by atoms with E-state index in [1.54, 1.807) is 27.7 Å². The molecule has 0 bridgehead atoms. The number of hydrogen-bond donors (Lipinski definition) is 1. The lowest BCUT2D eigenvalue weighted by Gasteiger charge is -2.09. The molecule has 1 aromatic rings. The molecule has 0 spiro atoms. The smallest absolute Gasteiger partial charge is 0.191 e. The fourth-order valence-corrected chi connectivity index (χ4v) is 1.37. The summed E-state index contributed by atoms with van der Waals surface area (Å²) in [5, 5.41) is 9.22. The van der Waals surface area contributed by atoms with E-state index in [1.807, 2.05) is 0 Å². The van der Waals surface area contributed by atoms with Crippen LogP contribution in [0, 0.1) is 20.8 Å². The first-order valence-corrected chi connectivity index (χ1v) is 4.71. The quantitative estimate of drug-likeness (QED) is 0.779. The van der Waals surface area contributed by atoms with E-state index in [9.17, 15) is 9.90 Å². The molecule has 0 aliphatic rings. The number of aliphatic hydroxyl groups is 1. The van der Waals surface area contributed by atoms with Gasteiger partial charge in [-0.05, 0) is 27.7 Å². The molecule has 1 heterocycles. The third-order valence-electron chi connectivity index (χ3n) is 2.38. The van der Waals surface area contributed by atoms with Crippen molar-refractivity contribution in [1.29, 1.82) is 0 Å². The molecule has 0 fully saturated rings. The molecule has 0 saturated heterocycles. The Kier molecular flexibility index (Phi) is 3.11. The normalized spacial score (nSPS) is 12.9. The summed E-state index contributed by atoms with van der Waals surface area (Å²) in [6.07, 6.45) is -0.0960. The van der Waals surface area contributed by atoms with Gasteiger partial charge >= 0.3 is 0 Å². The van der Waals surface area contributed by atoms with Crippen LogP contribution < -0.4 is 5.43 Å². The molecule has 1 unspecified atom stereocenters. The summed E-state index contributed by atoms with van der Waals surface area (Å²) in [4.78, 5) is 11.7. The Hall–Kier alpha value is -1.09. The van der Waals surface area contributed by atoms with E-state index in [-0.39, 0.29) is 5.43 Å². The highest BCUT2D eigenvalue weighted by Crippen LogP contribution is 2.12. The maximum Gasteiger partial charge on any atom is 0.191 e. The van der Waals surface area contributed by atoms with Crippen LogP contribution in [0.25, 0.3) is 0 Å². The van der Waals surface area contributed by atoms with Crippen LogP contribution in [0.2, 0.25) is 0 Å². The second-order valence-electron chi connectivity index (χ2n) is 3.71. The number of hydrogen-bond acceptors (Lipinski definition) is 3. The molecular weight excluding hydrogens is 180 g/mol. The Labute approximate surface area is 83.4 Å². The number of rotatable bonds is 2. The van der Waals surface area contributed by atoms with E-state index in [0.29, 0.717) is 29.1 Å². The first-order chi connectivity index (χ1) is 6.43. The fraction of sp³-hybridized carbons (Fsp3) is 0.545. The molecule has 0 aromatic carbocycles. The number of aliphatic hydroxyl groups excluding tert-OH is 1. The summed E-state index contributed by atoms with van der Waals surface area (Å²) in [5.41, 5.74) is 1.27. The van der Waals surface area contributed by atoms with E-state index >= 15 is 0 Å². The van der Waals surface area contributed by atoms with Crippen molar-refractivity contribution in [2.24, 2.45) is 0 Å². The van der Waals surface area contributed by atoms with Crippen LogP contribution in [0.4, 0.5) is 0 Å². The molecule has 1 atom stereocenters. The van der Waals surface area contributed by atoms with Crippen LogP contribution in [-0.2, 0) is 6.42 Å². The Morgan fingerprint density at radius 2 is 1.86 bits per heavy atom. The zero-order valence-corrected chi connectivity index (χ0v) is 9.05. The summed E-state index contributed by atoms with van der Waals surface area (Å²) >= 11 is 0. The van der Waals surface area contributed by atoms with Gasteiger partial charge in [-0.25, -0.2) is 0 Å². The van der Waals surface area contributed by atoms with E-state index in [4.69, 9.17) is 4.42 Å². The third kappa shape index (κ3) is 2.04. The van der Waals surface area contributed by atoms with Gasteiger partial charge in [-0.15, -0.1) is 0 Å². The lowest BCUT2D eigenvalue weighted by molar-refractivity contribution is 0.185. The predicted octanol–water partition coefficient (Wildman–Crippen LogP) is 1.49. The molecule has 1 rings (SSSR count). The van der Waals surface area contributed by atoms with Gasteiger partial charge in [-0.1, -0.05) is 0 Å². The van der Waals surface area contributed by atoms with E-state index in [1.165, 1.54) is 0 Å². The second-order valence-corrected chi connectivity index (χ2v) is 3.71. The number of aryl methyl sites for hydroxylation is 1. The van der Waals surface area contributed by atoms with Crippen LogP contribution in [0.15, 0.2) is 9.21 Å². The molecule has 78 valence electrons. The average molecular weight is 196 g/mol. The summed E-state index contributed by atoms with van der Waals surface area (Å²) in [7, 11) is 0. The highest BCUT2D eigenvalue weighted by atomic mass is 16.3. The summed E-state index contributed by atoms with van der Waals surface area (Å²) in [6, 6.07) is 0. The largest absolute Gasteiger partial charge is 0.465 e. The highest BCUT2D eigenvalue weighted by Gasteiger charge is 2.12. The molecule has 14 heavy (non-hydrogen) atoms. The zero-order chi connectivity index (χ0) is 10.9. The SMILES string of the molecule is Cc1oc(CC(C)O)c(C)c(=O)c1C. The van der Waals surface area contributed by atoms with Gasteiger partial charge in [0.05, 0.1) is 6.10 Å². The van der Waals surface area contributed by atoms with Crippen molar-refractivity contribution in [1.82, 2.24) is 0 Å². The zero-order valence-electron chi connectivity index (χ0n) is 9.05. The molecule has 1 N–H and O–H groups in total. The van der Waals surface area contributed by atoms with E-state index < -0.39 is 6.10 Å². The van der Waals surface area contributed by atoms with Gasteiger partial charge in [-0.3, -0.25) is 4.79 Å². The Morgan fingerprint density at radius 1 is 1.29 bits per heavy atom. The monoisotopic (exact) mass is 196 g/mol. The molecular formula is C11H16O3. The lowest BCUT2D eigenvalue weighted by atomic mass is 10.1. The Bertz CT molecular complexity index is 388. The van der Waals surface area contributed by atoms with Crippen molar-refractivity contribution in [2.45, 2.75) is 40.2 Å². The summed E-state index contributed by atoms with van der Waals surface area (Å²) in [5.74, 6) is 1.23. The molecule has 0 amide bonds. The molecule has 0 aliphatic heterocycles. The lowest BCUT2D eigenvalue weighted by Crippen LogP contribution is -2.16. The van der Waals surface area contributed by atoms with Gasteiger partial charge in [-0.2, -0.15) is 0 Å². The predicted molar refractivity (Wildman–Crippen MR) is 54.6 cm³/mol. The molecule has 0 radical (unpaired) electrons.